The number of hydrogen-bond donors (Lipinski definition) is 2. The van der Waals surface area contributed by atoms with Crippen molar-refractivity contribution in [3.05, 3.63) is 45.0 Å². The Morgan fingerprint density at radius 1 is 1.24 bits per heavy atom. The van der Waals surface area contributed by atoms with E-state index >= 15 is 0 Å². The van der Waals surface area contributed by atoms with Gasteiger partial charge in [0.1, 0.15) is 5.75 Å². The molecule has 0 fully saturated rings. The van der Waals surface area contributed by atoms with Crippen molar-refractivity contribution in [2.45, 2.75) is 83.5 Å². The molecular weight excluding hydrogens is 426 g/mol. The van der Waals surface area contributed by atoms with Gasteiger partial charge in [0, 0.05) is 41.3 Å². The third kappa shape index (κ3) is 5.46. The smallest absolute Gasteiger partial charge is 0.123 e. The Balaban J connectivity index is 1.70. The van der Waals surface area contributed by atoms with E-state index in [4.69, 9.17) is 20.9 Å². The van der Waals surface area contributed by atoms with E-state index in [0.29, 0.717) is 12.5 Å². The number of fused-ring (bicyclic) bond motifs is 2. The highest BCUT2D eigenvalue weighted by atomic mass is 32.2. The number of allylic oxidation sites excluding steroid dienone is 4. The molecule has 5 heteroatoms. The minimum absolute atomic E-state index is 0.159. The van der Waals surface area contributed by atoms with E-state index in [9.17, 15) is 0 Å². The molecule has 1 aromatic rings. The lowest BCUT2D eigenvalue weighted by atomic mass is 9.83. The first-order valence-electron chi connectivity index (χ1n) is 12.7. The summed E-state index contributed by atoms with van der Waals surface area (Å²) in [7, 11) is 0. The Bertz CT molecular complexity index is 991. The second-order valence-corrected chi connectivity index (χ2v) is 10.8. The van der Waals surface area contributed by atoms with Crippen LogP contribution < -0.4 is 10.5 Å². The van der Waals surface area contributed by atoms with E-state index in [0.717, 1.165) is 75.9 Å². The predicted molar refractivity (Wildman–Crippen MR) is 141 cm³/mol. The van der Waals surface area contributed by atoms with Gasteiger partial charge in [-0.15, -0.1) is 0 Å². The quantitative estimate of drug-likeness (QED) is 0.462. The van der Waals surface area contributed by atoms with E-state index in [-0.39, 0.29) is 5.92 Å². The van der Waals surface area contributed by atoms with Crippen LogP contribution in [0.25, 0.3) is 0 Å². The minimum atomic E-state index is 0.159. The lowest BCUT2D eigenvalue weighted by molar-refractivity contribution is 0.356. The van der Waals surface area contributed by atoms with Gasteiger partial charge < -0.3 is 15.9 Å². The Morgan fingerprint density at radius 3 is 2.85 bits per heavy atom. The molecule has 4 nitrogen and oxygen atoms in total. The summed E-state index contributed by atoms with van der Waals surface area (Å²) in [6.07, 6.45) is 10.9. The summed E-state index contributed by atoms with van der Waals surface area (Å²) in [4.78, 5) is 7.83. The van der Waals surface area contributed by atoms with Crippen molar-refractivity contribution in [3.63, 3.8) is 0 Å². The number of nitrogens with zero attached hydrogens (tertiary/aromatic N) is 1. The van der Waals surface area contributed by atoms with Crippen LogP contribution in [0.4, 0.5) is 0 Å². The van der Waals surface area contributed by atoms with E-state index in [1.165, 1.54) is 37.8 Å². The molecule has 2 unspecified atom stereocenters. The fourth-order valence-corrected chi connectivity index (χ4v) is 6.46. The molecule has 0 bridgehead atoms. The number of rotatable bonds is 7. The van der Waals surface area contributed by atoms with Crippen LogP contribution in [0.3, 0.4) is 0 Å². The molecule has 4 rings (SSSR count). The van der Waals surface area contributed by atoms with Crippen molar-refractivity contribution in [1.29, 1.82) is 5.41 Å². The van der Waals surface area contributed by atoms with Gasteiger partial charge >= 0.3 is 0 Å². The SMILES string of the molecule is CCc1cc2c(cc1SC1=C(C)CCC3C(=N)CC(CC)C=NC3=C(CCCN)C1)OCC2. The van der Waals surface area contributed by atoms with Gasteiger partial charge in [-0.2, -0.15) is 0 Å². The van der Waals surface area contributed by atoms with Crippen molar-refractivity contribution < 1.29 is 4.74 Å². The van der Waals surface area contributed by atoms with Crippen molar-refractivity contribution in [3.8, 4) is 5.75 Å². The highest BCUT2D eigenvalue weighted by molar-refractivity contribution is 8.03. The number of nitrogens with one attached hydrogen (secondary N) is 1. The van der Waals surface area contributed by atoms with Crippen LogP contribution in [0.5, 0.6) is 5.75 Å². The Kier molecular flexibility index (Phi) is 8.13. The van der Waals surface area contributed by atoms with E-state index in [1.807, 2.05) is 11.8 Å². The molecule has 0 aromatic heterocycles. The zero-order valence-electron chi connectivity index (χ0n) is 20.5. The molecule has 1 aliphatic carbocycles. The molecule has 2 aliphatic heterocycles. The Hall–Kier alpha value is -1.85. The third-order valence-corrected chi connectivity index (χ3v) is 8.71. The summed E-state index contributed by atoms with van der Waals surface area (Å²) >= 11 is 1.93. The first-order valence-corrected chi connectivity index (χ1v) is 13.5. The van der Waals surface area contributed by atoms with Crippen LogP contribution in [0.1, 0.15) is 76.8 Å². The average molecular weight is 466 g/mol. The van der Waals surface area contributed by atoms with Crippen molar-refractivity contribution in [2.75, 3.05) is 13.2 Å². The molecule has 3 aliphatic rings. The van der Waals surface area contributed by atoms with Crippen LogP contribution in [0, 0.1) is 17.2 Å². The van der Waals surface area contributed by atoms with Gasteiger partial charge in [-0.1, -0.05) is 37.2 Å². The van der Waals surface area contributed by atoms with Gasteiger partial charge in [-0.3, -0.25) is 4.99 Å². The summed E-state index contributed by atoms with van der Waals surface area (Å²) in [5.74, 6) is 1.61. The van der Waals surface area contributed by atoms with E-state index in [1.54, 1.807) is 0 Å². The van der Waals surface area contributed by atoms with E-state index < -0.39 is 0 Å². The molecule has 0 spiro atoms. The summed E-state index contributed by atoms with van der Waals surface area (Å²) in [6, 6.07) is 4.63. The molecule has 0 amide bonds. The molecule has 0 saturated heterocycles. The number of benzene rings is 1. The van der Waals surface area contributed by atoms with Crippen LogP contribution in [-0.4, -0.2) is 25.1 Å². The van der Waals surface area contributed by atoms with E-state index in [2.05, 4.69) is 39.1 Å². The first kappa shape index (κ1) is 24.3. The number of thioether (sulfide) groups is 1. The first-order chi connectivity index (χ1) is 16.0. The van der Waals surface area contributed by atoms with Crippen LogP contribution in [-0.2, 0) is 12.8 Å². The van der Waals surface area contributed by atoms with Gasteiger partial charge in [0.05, 0.1) is 6.61 Å². The van der Waals surface area contributed by atoms with Crippen molar-refractivity contribution >= 4 is 23.7 Å². The zero-order valence-corrected chi connectivity index (χ0v) is 21.3. The largest absolute Gasteiger partial charge is 0.493 e. The Morgan fingerprint density at radius 2 is 2.09 bits per heavy atom. The lowest BCUT2D eigenvalue weighted by Gasteiger charge is -2.26. The average Bonchev–Trinajstić information content (AvgIpc) is 3.21. The molecule has 1 aromatic carbocycles. The third-order valence-electron chi connectivity index (χ3n) is 7.37. The number of ether oxygens (including phenoxy) is 1. The number of aryl methyl sites for hydroxylation is 1. The normalized spacial score (nSPS) is 23.1. The fourth-order valence-electron chi connectivity index (χ4n) is 5.17. The van der Waals surface area contributed by atoms with Crippen LogP contribution >= 0.6 is 11.8 Å². The van der Waals surface area contributed by atoms with Gasteiger partial charge in [0.25, 0.3) is 0 Å². The summed E-state index contributed by atoms with van der Waals surface area (Å²) in [5, 5.41) is 8.87. The maximum atomic E-state index is 8.87. The molecule has 3 N–H and O–H groups in total. The van der Waals surface area contributed by atoms with Crippen LogP contribution in [0.15, 0.2) is 43.8 Å². The predicted octanol–water partition coefficient (Wildman–Crippen LogP) is 6.86. The second kappa shape index (κ2) is 11.1. The Labute approximate surface area is 203 Å². The highest BCUT2D eigenvalue weighted by Gasteiger charge is 2.29. The molecule has 0 saturated carbocycles. The summed E-state index contributed by atoms with van der Waals surface area (Å²) in [6.45, 7) is 8.23. The molecule has 33 heavy (non-hydrogen) atoms. The van der Waals surface area contributed by atoms with Gasteiger partial charge in [-0.25, -0.2) is 0 Å². The highest BCUT2D eigenvalue weighted by Crippen LogP contribution is 2.44. The molecule has 178 valence electrons. The molecular formula is C28H39N3OS. The number of aliphatic imine (C=N–C) groups is 1. The van der Waals surface area contributed by atoms with Gasteiger partial charge in [0.2, 0.25) is 0 Å². The topological polar surface area (TPSA) is 71.5 Å². The van der Waals surface area contributed by atoms with Crippen LogP contribution in [0.2, 0.25) is 0 Å². The molecule has 0 radical (unpaired) electrons. The number of hydrogen-bond acceptors (Lipinski definition) is 5. The number of nitrogens with two attached hydrogens (primary N) is 1. The fraction of sp³-hybridized carbons (Fsp3) is 0.571. The minimum Gasteiger partial charge on any atom is -0.493 e. The summed E-state index contributed by atoms with van der Waals surface area (Å²) < 4.78 is 5.90. The van der Waals surface area contributed by atoms with Crippen molar-refractivity contribution in [2.24, 2.45) is 22.6 Å². The van der Waals surface area contributed by atoms with Gasteiger partial charge in [-0.05, 0) is 92.0 Å². The van der Waals surface area contributed by atoms with Gasteiger partial charge in [0.15, 0.2) is 0 Å². The molecule has 2 atom stereocenters. The standard InChI is InChI=1S/C28H39N3OS/c1-4-19-13-24(30)23-9-8-18(3)26(15-22(7-6-11-29)28(23)31-17-19)33-27-16-25-21(10-12-32-25)14-20(27)5-2/h14,16-17,19,23,30H,4-13,15,29H2,1-3H3. The zero-order chi connectivity index (χ0) is 23.4. The monoisotopic (exact) mass is 465 g/mol. The van der Waals surface area contributed by atoms with Crippen molar-refractivity contribution in [1.82, 2.24) is 0 Å². The maximum Gasteiger partial charge on any atom is 0.123 e. The summed E-state index contributed by atoms with van der Waals surface area (Å²) in [5.41, 5.74) is 13.6. The lowest BCUT2D eigenvalue weighted by Crippen LogP contribution is -2.19. The maximum absolute atomic E-state index is 8.87. The molecule has 2 heterocycles. The second-order valence-electron chi connectivity index (χ2n) is 9.65.